The van der Waals surface area contributed by atoms with E-state index in [1.807, 2.05) is 0 Å². The molecule has 0 atom stereocenters. The molecule has 9 heteroatoms. The number of nitrogens with one attached hydrogen (secondary N) is 1. The second-order valence-corrected chi connectivity index (χ2v) is 5.41. The van der Waals surface area contributed by atoms with Crippen LogP contribution in [0.5, 0.6) is 0 Å². The molecule has 0 aliphatic heterocycles. The first-order chi connectivity index (χ1) is 11.0. The lowest BCUT2D eigenvalue weighted by molar-refractivity contribution is 0.0952. The third kappa shape index (κ3) is 2.93. The van der Waals surface area contributed by atoms with Gasteiger partial charge in [0.25, 0.3) is 5.91 Å². The number of hydrogen-bond donors (Lipinski definition) is 3. The first kappa shape index (κ1) is 14.8. The SMILES string of the molecule is N#CC1(N(N)/C=C(\N)CNC(=O)c2cn3ccncc3n2)CC1. The average molecular weight is 312 g/mol. The average Bonchev–Trinajstić information content (AvgIpc) is 3.24. The van der Waals surface area contributed by atoms with Crippen molar-refractivity contribution in [2.45, 2.75) is 18.4 Å². The summed E-state index contributed by atoms with van der Waals surface area (Å²) in [6, 6.07) is 2.16. The molecule has 0 saturated heterocycles. The standard InChI is InChI=1S/C14H16N8O/c15-9-14(1-2-14)22(17)7-10(16)5-19-13(23)11-8-21-4-3-18-6-12(21)20-11/h3-4,6-8H,1-2,5,16-17H2,(H,19,23)/b10-7-. The number of nitrogens with two attached hydrogens (primary N) is 2. The zero-order valence-corrected chi connectivity index (χ0v) is 12.3. The molecular formula is C14H16N8O. The maximum Gasteiger partial charge on any atom is 0.271 e. The van der Waals surface area contributed by atoms with E-state index in [-0.39, 0.29) is 18.1 Å². The summed E-state index contributed by atoms with van der Waals surface area (Å²) in [6.07, 6.45) is 9.39. The molecule has 1 amide bonds. The smallest absolute Gasteiger partial charge is 0.271 e. The largest absolute Gasteiger partial charge is 0.399 e. The Morgan fingerprint density at radius 3 is 3.04 bits per heavy atom. The summed E-state index contributed by atoms with van der Waals surface area (Å²) in [5.41, 5.74) is 6.39. The first-order valence-corrected chi connectivity index (χ1v) is 7.02. The molecule has 0 aromatic carbocycles. The van der Waals surface area contributed by atoms with E-state index in [0.29, 0.717) is 24.2 Å². The van der Waals surface area contributed by atoms with E-state index in [2.05, 4.69) is 21.4 Å². The topological polar surface area (TPSA) is 138 Å². The van der Waals surface area contributed by atoms with Crippen LogP contribution in [0.3, 0.4) is 0 Å². The second-order valence-electron chi connectivity index (χ2n) is 5.41. The summed E-state index contributed by atoms with van der Waals surface area (Å²) in [6.45, 7) is 0.111. The van der Waals surface area contributed by atoms with Gasteiger partial charge in [-0.25, -0.2) is 10.8 Å². The van der Waals surface area contributed by atoms with Gasteiger partial charge in [0, 0.05) is 30.5 Å². The molecule has 2 aromatic heterocycles. The number of aromatic nitrogens is 3. The van der Waals surface area contributed by atoms with Crippen LogP contribution in [-0.2, 0) is 0 Å². The van der Waals surface area contributed by atoms with E-state index in [0.717, 1.165) is 0 Å². The number of carbonyl (C=O) groups is 1. The summed E-state index contributed by atoms with van der Waals surface area (Å²) >= 11 is 0. The summed E-state index contributed by atoms with van der Waals surface area (Å²) in [5, 5.41) is 13.0. The van der Waals surface area contributed by atoms with Crippen LogP contribution in [0.4, 0.5) is 0 Å². The highest BCUT2D eigenvalue weighted by atomic mass is 16.1. The minimum Gasteiger partial charge on any atom is -0.399 e. The van der Waals surface area contributed by atoms with Crippen molar-refractivity contribution < 1.29 is 4.79 Å². The van der Waals surface area contributed by atoms with Crippen molar-refractivity contribution in [3.05, 3.63) is 42.4 Å². The predicted molar refractivity (Wildman–Crippen MR) is 81.2 cm³/mol. The number of fused-ring (bicyclic) bond motifs is 1. The van der Waals surface area contributed by atoms with Crippen LogP contribution in [0.1, 0.15) is 23.3 Å². The number of nitriles is 1. The lowest BCUT2D eigenvalue weighted by Gasteiger charge is -2.19. The van der Waals surface area contributed by atoms with Crippen LogP contribution >= 0.6 is 0 Å². The first-order valence-electron chi connectivity index (χ1n) is 7.02. The van der Waals surface area contributed by atoms with Gasteiger partial charge in [0.2, 0.25) is 0 Å². The van der Waals surface area contributed by atoms with Crippen LogP contribution in [0.15, 0.2) is 36.7 Å². The maximum absolute atomic E-state index is 12.1. The van der Waals surface area contributed by atoms with E-state index in [4.69, 9.17) is 16.8 Å². The molecule has 1 aliphatic rings. The van der Waals surface area contributed by atoms with Gasteiger partial charge in [0.1, 0.15) is 11.2 Å². The van der Waals surface area contributed by atoms with Crippen LogP contribution in [0.2, 0.25) is 0 Å². The molecule has 23 heavy (non-hydrogen) atoms. The van der Waals surface area contributed by atoms with Gasteiger partial charge in [-0.05, 0) is 12.8 Å². The molecular weight excluding hydrogens is 296 g/mol. The van der Waals surface area contributed by atoms with Gasteiger partial charge in [-0.15, -0.1) is 0 Å². The molecule has 0 bridgehead atoms. The van der Waals surface area contributed by atoms with Gasteiger partial charge >= 0.3 is 0 Å². The summed E-state index contributed by atoms with van der Waals surface area (Å²) in [4.78, 5) is 20.2. The third-order valence-corrected chi connectivity index (χ3v) is 3.68. The molecule has 9 nitrogen and oxygen atoms in total. The Balaban J connectivity index is 1.61. The highest BCUT2D eigenvalue weighted by molar-refractivity contribution is 5.92. The number of imidazole rings is 1. The Morgan fingerprint density at radius 1 is 1.61 bits per heavy atom. The van der Waals surface area contributed by atoms with Crippen molar-refractivity contribution in [2.75, 3.05) is 6.54 Å². The number of hydrazine groups is 1. The van der Waals surface area contributed by atoms with Crippen molar-refractivity contribution in [1.82, 2.24) is 24.7 Å². The Hall–Kier alpha value is -3.12. The number of amides is 1. The molecule has 1 aliphatic carbocycles. The van der Waals surface area contributed by atoms with Gasteiger partial charge in [-0.1, -0.05) is 0 Å². The zero-order valence-electron chi connectivity index (χ0n) is 12.3. The van der Waals surface area contributed by atoms with Crippen LogP contribution in [0, 0.1) is 11.3 Å². The Bertz CT molecular complexity index is 781. The van der Waals surface area contributed by atoms with Crippen LogP contribution in [-0.4, -0.2) is 37.4 Å². The molecule has 3 rings (SSSR count). The molecule has 2 heterocycles. The zero-order chi connectivity index (χ0) is 16.4. The van der Waals surface area contributed by atoms with Crippen molar-refractivity contribution in [3.63, 3.8) is 0 Å². The molecule has 2 aromatic rings. The fourth-order valence-electron chi connectivity index (χ4n) is 2.12. The molecule has 1 saturated carbocycles. The van der Waals surface area contributed by atoms with E-state index in [9.17, 15) is 4.79 Å². The maximum atomic E-state index is 12.1. The van der Waals surface area contributed by atoms with Crippen molar-refractivity contribution in [2.24, 2.45) is 11.6 Å². The number of hydrogen-bond acceptors (Lipinski definition) is 7. The predicted octanol–water partition coefficient (Wildman–Crippen LogP) is -0.509. The van der Waals surface area contributed by atoms with Crippen LogP contribution < -0.4 is 16.9 Å². The number of nitrogens with zero attached hydrogens (tertiary/aromatic N) is 5. The number of rotatable bonds is 5. The van der Waals surface area contributed by atoms with E-state index in [1.165, 1.54) is 11.2 Å². The quantitative estimate of drug-likeness (QED) is 0.499. The summed E-state index contributed by atoms with van der Waals surface area (Å²) in [7, 11) is 0. The highest BCUT2D eigenvalue weighted by Gasteiger charge is 2.47. The van der Waals surface area contributed by atoms with Crippen LogP contribution in [0.25, 0.3) is 5.65 Å². The highest BCUT2D eigenvalue weighted by Crippen LogP contribution is 2.39. The Labute approximate surface area is 132 Å². The Morgan fingerprint density at radius 2 is 2.39 bits per heavy atom. The normalized spacial score (nSPS) is 15.9. The van der Waals surface area contributed by atoms with Gasteiger partial charge in [0.05, 0.1) is 18.8 Å². The summed E-state index contributed by atoms with van der Waals surface area (Å²) in [5.74, 6) is 5.46. The minimum absolute atomic E-state index is 0.111. The van der Waals surface area contributed by atoms with Gasteiger partial charge < -0.3 is 15.5 Å². The Kier molecular flexibility index (Phi) is 3.59. The van der Waals surface area contributed by atoms with E-state index < -0.39 is 5.54 Å². The van der Waals surface area contributed by atoms with Gasteiger partial charge in [-0.2, -0.15) is 5.26 Å². The number of carbonyl (C=O) groups excluding carboxylic acids is 1. The van der Waals surface area contributed by atoms with Gasteiger partial charge in [-0.3, -0.25) is 14.8 Å². The van der Waals surface area contributed by atoms with E-state index >= 15 is 0 Å². The third-order valence-electron chi connectivity index (χ3n) is 3.68. The van der Waals surface area contributed by atoms with E-state index in [1.54, 1.807) is 29.2 Å². The molecule has 118 valence electrons. The van der Waals surface area contributed by atoms with Gasteiger partial charge in [0.15, 0.2) is 5.65 Å². The fourth-order valence-corrected chi connectivity index (χ4v) is 2.12. The molecule has 5 N–H and O–H groups in total. The minimum atomic E-state index is -0.650. The second kappa shape index (κ2) is 5.58. The van der Waals surface area contributed by atoms with Crippen molar-refractivity contribution >= 4 is 11.6 Å². The molecule has 0 unspecified atom stereocenters. The lowest BCUT2D eigenvalue weighted by Crippen LogP contribution is -2.39. The van der Waals surface area contributed by atoms with Crippen molar-refractivity contribution in [1.29, 1.82) is 5.26 Å². The molecule has 1 fully saturated rings. The lowest BCUT2D eigenvalue weighted by atomic mass is 10.3. The summed E-state index contributed by atoms with van der Waals surface area (Å²) < 4.78 is 1.70. The molecule has 0 spiro atoms. The monoisotopic (exact) mass is 312 g/mol. The van der Waals surface area contributed by atoms with Crippen molar-refractivity contribution in [3.8, 4) is 6.07 Å². The molecule has 0 radical (unpaired) electrons. The fraction of sp³-hybridized carbons (Fsp3) is 0.286.